The van der Waals surface area contributed by atoms with E-state index in [4.69, 9.17) is 15.3 Å². The monoisotopic (exact) mass is 284 g/mol. The second kappa shape index (κ2) is 6.17. The van der Waals surface area contributed by atoms with Crippen molar-refractivity contribution in [3.05, 3.63) is 34.8 Å². The number of benzene rings is 1. The van der Waals surface area contributed by atoms with Crippen LogP contribution in [-0.4, -0.2) is 19.9 Å². The molecule has 0 atom stereocenters. The summed E-state index contributed by atoms with van der Waals surface area (Å²) in [6.07, 6.45) is 3.20. The molecule has 0 radical (unpaired) electrons. The standard InChI is InChI=1S/C11H13BrN2O2/c1-3-4-16-11-6-9(12)8(7-14-13)5-10(11)15-2/h3,5-7H,1,4,13H2,2H3. The molecule has 86 valence electrons. The highest BCUT2D eigenvalue weighted by Crippen LogP contribution is 2.32. The number of hydrogen-bond donors (Lipinski definition) is 1. The summed E-state index contributed by atoms with van der Waals surface area (Å²) < 4.78 is 11.5. The van der Waals surface area contributed by atoms with E-state index in [1.54, 1.807) is 25.3 Å². The summed E-state index contributed by atoms with van der Waals surface area (Å²) in [6, 6.07) is 3.60. The fraction of sp³-hybridized carbons (Fsp3) is 0.182. The van der Waals surface area contributed by atoms with Gasteiger partial charge in [0, 0.05) is 10.0 Å². The minimum atomic E-state index is 0.424. The Balaban J connectivity index is 3.09. The van der Waals surface area contributed by atoms with Crippen molar-refractivity contribution in [1.82, 2.24) is 0 Å². The Kier molecular flexibility index (Phi) is 4.85. The largest absolute Gasteiger partial charge is 0.493 e. The second-order valence-electron chi connectivity index (χ2n) is 2.90. The molecule has 0 saturated carbocycles. The van der Waals surface area contributed by atoms with Crippen LogP contribution in [0.15, 0.2) is 34.4 Å². The Morgan fingerprint density at radius 2 is 2.25 bits per heavy atom. The quantitative estimate of drug-likeness (QED) is 0.391. The second-order valence-corrected chi connectivity index (χ2v) is 3.76. The first kappa shape index (κ1) is 12.6. The maximum Gasteiger partial charge on any atom is 0.162 e. The summed E-state index contributed by atoms with van der Waals surface area (Å²) in [5.41, 5.74) is 0.824. The Labute approximate surface area is 103 Å². The average molecular weight is 285 g/mol. The molecule has 0 heterocycles. The highest BCUT2D eigenvalue weighted by atomic mass is 79.9. The molecule has 5 heteroatoms. The van der Waals surface area contributed by atoms with E-state index in [1.165, 1.54) is 6.21 Å². The van der Waals surface area contributed by atoms with E-state index in [1.807, 2.05) is 0 Å². The number of halogens is 1. The van der Waals surface area contributed by atoms with Gasteiger partial charge in [-0.05, 0) is 28.1 Å². The molecule has 0 spiro atoms. The SMILES string of the molecule is C=CCOc1cc(Br)c(C=NN)cc1OC. The molecule has 0 bridgehead atoms. The number of hydrogen-bond acceptors (Lipinski definition) is 4. The Hall–Kier alpha value is -1.49. The normalized spacial score (nSPS) is 10.4. The minimum absolute atomic E-state index is 0.424. The van der Waals surface area contributed by atoms with Crippen molar-refractivity contribution < 1.29 is 9.47 Å². The fourth-order valence-corrected chi connectivity index (χ4v) is 1.58. The van der Waals surface area contributed by atoms with Crippen LogP contribution < -0.4 is 15.3 Å². The molecule has 0 amide bonds. The molecule has 4 nitrogen and oxygen atoms in total. The molecular formula is C11H13BrN2O2. The van der Waals surface area contributed by atoms with E-state index < -0.39 is 0 Å². The maximum atomic E-state index is 5.44. The lowest BCUT2D eigenvalue weighted by atomic mass is 10.2. The third-order valence-electron chi connectivity index (χ3n) is 1.85. The van der Waals surface area contributed by atoms with Gasteiger partial charge in [-0.25, -0.2) is 0 Å². The fourth-order valence-electron chi connectivity index (χ4n) is 1.15. The lowest BCUT2D eigenvalue weighted by Gasteiger charge is -2.11. The van der Waals surface area contributed by atoms with Gasteiger partial charge in [0.2, 0.25) is 0 Å². The Bertz CT molecular complexity index is 405. The zero-order chi connectivity index (χ0) is 12.0. The topological polar surface area (TPSA) is 56.8 Å². The first-order chi connectivity index (χ1) is 7.72. The zero-order valence-corrected chi connectivity index (χ0v) is 10.5. The average Bonchev–Trinajstić information content (AvgIpc) is 2.29. The van der Waals surface area contributed by atoms with E-state index in [0.717, 1.165) is 10.0 Å². The van der Waals surface area contributed by atoms with Gasteiger partial charge in [-0.2, -0.15) is 5.10 Å². The van der Waals surface area contributed by atoms with Crippen LogP contribution in [0.4, 0.5) is 0 Å². The van der Waals surface area contributed by atoms with E-state index >= 15 is 0 Å². The summed E-state index contributed by atoms with van der Waals surface area (Å²) in [7, 11) is 1.58. The lowest BCUT2D eigenvalue weighted by molar-refractivity contribution is 0.326. The molecule has 1 rings (SSSR count). The van der Waals surface area contributed by atoms with Gasteiger partial charge in [-0.15, -0.1) is 0 Å². The van der Waals surface area contributed by atoms with Crippen molar-refractivity contribution in [3.8, 4) is 11.5 Å². The van der Waals surface area contributed by atoms with E-state index in [0.29, 0.717) is 18.1 Å². The van der Waals surface area contributed by atoms with Crippen molar-refractivity contribution in [2.75, 3.05) is 13.7 Å². The summed E-state index contributed by atoms with van der Waals surface area (Å²) in [6.45, 7) is 4.01. The van der Waals surface area contributed by atoms with Crippen LogP contribution in [0.25, 0.3) is 0 Å². The van der Waals surface area contributed by atoms with Gasteiger partial charge < -0.3 is 15.3 Å². The van der Waals surface area contributed by atoms with Crippen LogP contribution in [-0.2, 0) is 0 Å². The van der Waals surface area contributed by atoms with Crippen molar-refractivity contribution in [1.29, 1.82) is 0 Å². The molecule has 2 N–H and O–H groups in total. The summed E-state index contributed by atoms with van der Waals surface area (Å²) >= 11 is 3.40. The van der Waals surface area contributed by atoms with Crippen LogP contribution in [0.1, 0.15) is 5.56 Å². The van der Waals surface area contributed by atoms with Crippen LogP contribution in [0, 0.1) is 0 Å². The van der Waals surface area contributed by atoms with Gasteiger partial charge in [0.15, 0.2) is 11.5 Å². The van der Waals surface area contributed by atoms with Crippen LogP contribution in [0.5, 0.6) is 11.5 Å². The van der Waals surface area contributed by atoms with Crippen molar-refractivity contribution in [3.63, 3.8) is 0 Å². The molecule has 0 saturated heterocycles. The number of nitrogens with two attached hydrogens (primary N) is 1. The van der Waals surface area contributed by atoms with Crippen LogP contribution in [0.3, 0.4) is 0 Å². The zero-order valence-electron chi connectivity index (χ0n) is 8.94. The van der Waals surface area contributed by atoms with E-state index in [-0.39, 0.29) is 0 Å². The van der Waals surface area contributed by atoms with E-state index in [9.17, 15) is 0 Å². The van der Waals surface area contributed by atoms with Gasteiger partial charge in [0.05, 0.1) is 13.3 Å². The predicted molar refractivity (Wildman–Crippen MR) is 68.2 cm³/mol. The number of rotatable bonds is 5. The summed E-state index contributed by atoms with van der Waals surface area (Å²) in [5.74, 6) is 6.37. The third-order valence-corrected chi connectivity index (χ3v) is 2.54. The first-order valence-corrected chi connectivity index (χ1v) is 5.36. The number of ether oxygens (including phenoxy) is 2. The Morgan fingerprint density at radius 1 is 1.50 bits per heavy atom. The van der Waals surface area contributed by atoms with E-state index in [2.05, 4.69) is 27.6 Å². The molecule has 0 aliphatic carbocycles. The van der Waals surface area contributed by atoms with Gasteiger partial charge in [0.1, 0.15) is 6.61 Å². The van der Waals surface area contributed by atoms with Gasteiger partial charge in [-0.1, -0.05) is 12.7 Å². The predicted octanol–water partition coefficient (Wildman–Crippen LogP) is 2.32. The highest BCUT2D eigenvalue weighted by Gasteiger charge is 2.08. The van der Waals surface area contributed by atoms with Gasteiger partial charge in [-0.3, -0.25) is 0 Å². The summed E-state index contributed by atoms with van der Waals surface area (Å²) in [5, 5.41) is 3.47. The van der Waals surface area contributed by atoms with Gasteiger partial charge >= 0.3 is 0 Å². The van der Waals surface area contributed by atoms with Crippen molar-refractivity contribution in [2.45, 2.75) is 0 Å². The molecule has 0 aromatic heterocycles. The van der Waals surface area contributed by atoms with Crippen LogP contribution in [0.2, 0.25) is 0 Å². The Morgan fingerprint density at radius 3 is 2.81 bits per heavy atom. The van der Waals surface area contributed by atoms with Crippen molar-refractivity contribution in [2.24, 2.45) is 10.9 Å². The molecule has 0 fully saturated rings. The number of nitrogens with zero attached hydrogens (tertiary/aromatic N) is 1. The lowest BCUT2D eigenvalue weighted by Crippen LogP contribution is -1.98. The van der Waals surface area contributed by atoms with Crippen molar-refractivity contribution >= 4 is 22.1 Å². The maximum absolute atomic E-state index is 5.44. The van der Waals surface area contributed by atoms with Crippen LogP contribution >= 0.6 is 15.9 Å². The molecule has 0 aliphatic heterocycles. The highest BCUT2D eigenvalue weighted by molar-refractivity contribution is 9.10. The smallest absolute Gasteiger partial charge is 0.162 e. The molecular weight excluding hydrogens is 272 g/mol. The number of methoxy groups -OCH3 is 1. The molecule has 1 aromatic carbocycles. The molecule has 0 unspecified atom stereocenters. The summed E-state index contributed by atoms with van der Waals surface area (Å²) in [4.78, 5) is 0. The third kappa shape index (κ3) is 3.00. The molecule has 0 aliphatic rings. The number of hydrazone groups is 1. The first-order valence-electron chi connectivity index (χ1n) is 4.57. The minimum Gasteiger partial charge on any atom is -0.493 e. The molecule has 1 aromatic rings. The molecule has 16 heavy (non-hydrogen) atoms. The van der Waals surface area contributed by atoms with Gasteiger partial charge in [0.25, 0.3) is 0 Å².